The van der Waals surface area contributed by atoms with Crippen molar-refractivity contribution in [1.82, 2.24) is 0 Å². The molecule has 1 radical (unpaired) electrons. The Morgan fingerprint density at radius 2 is 1.62 bits per heavy atom. The molecule has 7 heteroatoms. The second-order valence-corrected chi connectivity index (χ2v) is 2.61. The van der Waals surface area contributed by atoms with E-state index in [4.69, 9.17) is 4.55 Å². The van der Waals surface area contributed by atoms with Gasteiger partial charge in [-0.1, -0.05) is 0 Å². The fourth-order valence-electron chi connectivity index (χ4n) is 0. The van der Waals surface area contributed by atoms with E-state index >= 15 is 0 Å². The Labute approximate surface area is 44.8 Å². The third kappa shape index (κ3) is 1.83. The molecule has 0 amide bonds. The van der Waals surface area contributed by atoms with Crippen molar-refractivity contribution in [2.75, 3.05) is 0 Å². The van der Waals surface area contributed by atoms with Gasteiger partial charge in [0.25, 0.3) is 0 Å². The fraction of sp³-hybridized carbons (Fsp3) is 1.00. The number of hydrogen-bond donors (Lipinski definition) is 1. The van der Waals surface area contributed by atoms with Crippen molar-refractivity contribution < 1.29 is 21.9 Å². The molecule has 0 aromatic rings. The summed E-state index contributed by atoms with van der Waals surface area (Å²) in [5.41, 5.74) is -5.20. The van der Waals surface area contributed by atoms with Crippen molar-refractivity contribution in [3.63, 3.8) is 0 Å². The third-order valence-corrected chi connectivity index (χ3v) is 0.995. The Morgan fingerprint density at radius 1 is 1.50 bits per heavy atom. The maximum atomic E-state index is 10.9. The molecule has 8 heavy (non-hydrogen) atoms. The number of hydrogen-bond acceptors (Lipinski definition) is 1. The zero-order chi connectivity index (χ0) is 7.00. The standard InChI is InChI=1S/CHBF3O2S/c2-8(6,7)1(3,4)5/h(H,6,7). The van der Waals surface area contributed by atoms with Gasteiger partial charge in [-0.15, -0.1) is 0 Å². The molecule has 0 saturated heterocycles. The van der Waals surface area contributed by atoms with Gasteiger partial charge in [-0.2, -0.15) is 0 Å². The monoisotopic (exact) mass is 145 g/mol. The molecular weight excluding hydrogens is 144 g/mol. The first-order valence-electron chi connectivity index (χ1n) is 1.36. The maximum absolute atomic E-state index is 10.9. The Bertz CT molecular complexity index is 166. The van der Waals surface area contributed by atoms with Crippen molar-refractivity contribution in [1.29, 1.82) is 0 Å². The predicted molar refractivity (Wildman–Crippen MR) is 22.6 cm³/mol. The van der Waals surface area contributed by atoms with Crippen LogP contribution in [0.15, 0.2) is 0 Å². The van der Waals surface area contributed by atoms with Gasteiger partial charge in [0.1, 0.15) is 0 Å². The Hall–Kier alpha value is -0.0351. The van der Waals surface area contributed by atoms with Gasteiger partial charge in [0.05, 0.1) is 0 Å². The molecule has 0 saturated carbocycles. The summed E-state index contributed by atoms with van der Waals surface area (Å²) in [6.07, 6.45) is 0. The summed E-state index contributed by atoms with van der Waals surface area (Å²) in [6, 6.07) is 0. The fourth-order valence-corrected chi connectivity index (χ4v) is 0. The van der Waals surface area contributed by atoms with Crippen LogP contribution in [-0.2, 0) is 9.64 Å². The molecule has 0 aliphatic rings. The normalized spacial score (nSPS) is 19.9. The molecule has 0 bridgehead atoms. The van der Waals surface area contributed by atoms with Crippen LogP contribution in [0, 0.1) is 0 Å². The molecule has 0 aromatic heterocycles. The molecule has 47 valence electrons. The second kappa shape index (κ2) is 1.73. The topological polar surface area (TPSA) is 37.3 Å². The van der Waals surface area contributed by atoms with E-state index in [0.29, 0.717) is 0 Å². The molecule has 0 heterocycles. The second-order valence-electron chi connectivity index (χ2n) is 1.01. The van der Waals surface area contributed by atoms with Crippen LogP contribution >= 0.6 is 0 Å². The molecule has 0 aromatic carbocycles. The summed E-state index contributed by atoms with van der Waals surface area (Å²) in [5, 5.41) is 0. The first-order chi connectivity index (χ1) is 3.25. The Kier molecular flexibility index (Phi) is 1.72. The van der Waals surface area contributed by atoms with Gasteiger partial charge in [0.15, 0.2) is 0 Å². The summed E-state index contributed by atoms with van der Waals surface area (Å²) in [6.45, 7) is 3.77. The van der Waals surface area contributed by atoms with E-state index in [1.54, 1.807) is 0 Å². The molecule has 0 aliphatic carbocycles. The summed E-state index contributed by atoms with van der Waals surface area (Å²) < 4.78 is 49.7. The van der Waals surface area contributed by atoms with Crippen molar-refractivity contribution in [2.24, 2.45) is 0 Å². The van der Waals surface area contributed by atoms with Crippen LogP contribution in [0.2, 0.25) is 0 Å². The van der Waals surface area contributed by atoms with E-state index in [0.717, 1.165) is 0 Å². The van der Waals surface area contributed by atoms with Crippen LogP contribution in [0.3, 0.4) is 0 Å². The van der Waals surface area contributed by atoms with Crippen molar-refractivity contribution in [3.05, 3.63) is 0 Å². The SMILES string of the molecule is [B]=S(=O)(O)C(F)(F)F. The summed E-state index contributed by atoms with van der Waals surface area (Å²) >= 11 is 0. The molecular formula is CHBF3O2S. The first kappa shape index (κ1) is 7.96. The third-order valence-electron chi connectivity index (χ3n) is 0.332. The van der Waals surface area contributed by atoms with Crippen molar-refractivity contribution >= 4 is 16.4 Å². The van der Waals surface area contributed by atoms with E-state index in [-0.39, 0.29) is 0 Å². The van der Waals surface area contributed by atoms with E-state index in [2.05, 4.69) is 6.72 Å². The zero-order valence-electron chi connectivity index (χ0n) is 3.47. The van der Waals surface area contributed by atoms with Gasteiger partial charge in [0, 0.05) is 0 Å². The van der Waals surface area contributed by atoms with Gasteiger partial charge >= 0.3 is 43.8 Å². The summed E-state index contributed by atoms with van der Waals surface area (Å²) in [7, 11) is -5.09. The summed E-state index contributed by atoms with van der Waals surface area (Å²) in [5.74, 6) is 0. The van der Waals surface area contributed by atoms with E-state index in [1.165, 1.54) is 0 Å². The van der Waals surface area contributed by atoms with Crippen LogP contribution in [0.1, 0.15) is 0 Å². The summed E-state index contributed by atoms with van der Waals surface area (Å²) in [4.78, 5) is 0. The van der Waals surface area contributed by atoms with E-state index in [1.807, 2.05) is 0 Å². The molecule has 1 unspecified atom stereocenters. The van der Waals surface area contributed by atoms with E-state index in [9.17, 15) is 17.4 Å². The molecule has 0 rings (SSSR count). The van der Waals surface area contributed by atoms with Crippen LogP contribution in [-0.4, -0.2) is 21.0 Å². The number of alkyl halides is 3. The average Bonchev–Trinajstić information content (AvgIpc) is 1.25. The minimum atomic E-state index is -5.20. The average molecular weight is 145 g/mol. The molecule has 1 atom stereocenters. The molecule has 0 aliphatic heterocycles. The predicted octanol–water partition coefficient (Wildman–Crippen LogP) is 0.347. The molecule has 2 nitrogen and oxygen atoms in total. The molecule has 1 N–H and O–H groups in total. The molecule has 0 fully saturated rings. The van der Waals surface area contributed by atoms with Crippen molar-refractivity contribution in [3.8, 4) is 0 Å². The van der Waals surface area contributed by atoms with Crippen molar-refractivity contribution in [2.45, 2.75) is 5.51 Å². The van der Waals surface area contributed by atoms with Crippen LogP contribution in [0.5, 0.6) is 0 Å². The van der Waals surface area contributed by atoms with E-state index < -0.39 is 15.1 Å². The Morgan fingerprint density at radius 3 is 1.62 bits per heavy atom. The quantitative estimate of drug-likeness (QED) is 0.499. The Balaban J connectivity index is 4.53. The van der Waals surface area contributed by atoms with Gasteiger partial charge < -0.3 is 0 Å². The van der Waals surface area contributed by atoms with Crippen LogP contribution in [0.4, 0.5) is 13.2 Å². The first-order valence-corrected chi connectivity index (χ1v) is 2.93. The van der Waals surface area contributed by atoms with Gasteiger partial charge in [0.2, 0.25) is 0 Å². The van der Waals surface area contributed by atoms with Crippen LogP contribution < -0.4 is 0 Å². The zero-order valence-corrected chi connectivity index (χ0v) is 4.29. The minimum absolute atomic E-state index is 3.77. The molecule has 0 spiro atoms. The van der Waals surface area contributed by atoms with Gasteiger partial charge in [-0.05, 0) is 0 Å². The van der Waals surface area contributed by atoms with Crippen LogP contribution in [0.25, 0.3) is 0 Å². The van der Waals surface area contributed by atoms with Gasteiger partial charge in [-0.3, -0.25) is 0 Å². The number of halogens is 3. The number of rotatable bonds is 0. The van der Waals surface area contributed by atoms with Gasteiger partial charge in [-0.25, -0.2) is 0 Å².